The van der Waals surface area contributed by atoms with Gasteiger partial charge < -0.3 is 15.9 Å². The van der Waals surface area contributed by atoms with E-state index in [1.807, 2.05) is 38.1 Å². The third-order valence-corrected chi connectivity index (χ3v) is 3.18. The van der Waals surface area contributed by atoms with Crippen LogP contribution in [0.1, 0.15) is 43.9 Å². The van der Waals surface area contributed by atoms with Crippen molar-refractivity contribution in [2.75, 3.05) is 6.61 Å². The van der Waals surface area contributed by atoms with Crippen molar-refractivity contribution < 1.29 is 15.0 Å². The van der Waals surface area contributed by atoms with Crippen molar-refractivity contribution in [1.82, 2.24) is 0 Å². The van der Waals surface area contributed by atoms with Crippen molar-refractivity contribution in [2.45, 2.75) is 38.1 Å². The Balaban J connectivity index is 2.73. The van der Waals surface area contributed by atoms with Crippen molar-refractivity contribution >= 4 is 5.97 Å². The fourth-order valence-corrected chi connectivity index (χ4v) is 1.72. The quantitative estimate of drug-likeness (QED) is 0.720. The highest BCUT2D eigenvalue weighted by Crippen LogP contribution is 2.24. The van der Waals surface area contributed by atoms with Crippen LogP contribution in [0.4, 0.5) is 0 Å². The first-order valence-corrected chi connectivity index (χ1v) is 6.05. The molecule has 0 saturated heterocycles. The van der Waals surface area contributed by atoms with Crippen molar-refractivity contribution in [3.05, 3.63) is 35.4 Å². The van der Waals surface area contributed by atoms with Crippen LogP contribution in [-0.4, -0.2) is 22.8 Å². The molecule has 0 radical (unpaired) electrons. The zero-order chi connectivity index (χ0) is 13.8. The van der Waals surface area contributed by atoms with Gasteiger partial charge in [0.2, 0.25) is 0 Å². The third kappa shape index (κ3) is 3.82. The second-order valence-electron chi connectivity index (χ2n) is 5.20. The highest BCUT2D eigenvalue weighted by Gasteiger charge is 2.19. The number of hydrogen-bond acceptors (Lipinski definition) is 3. The van der Waals surface area contributed by atoms with Gasteiger partial charge in [-0.3, -0.25) is 4.79 Å². The van der Waals surface area contributed by atoms with E-state index in [2.05, 4.69) is 0 Å². The Morgan fingerprint density at radius 1 is 1.33 bits per heavy atom. The predicted octanol–water partition coefficient (Wildman–Crippen LogP) is 1.82. The summed E-state index contributed by atoms with van der Waals surface area (Å²) in [7, 11) is 0. The number of aliphatic hydroxyl groups is 1. The largest absolute Gasteiger partial charge is 0.481 e. The Bertz CT molecular complexity index is 398. The Morgan fingerprint density at radius 3 is 2.33 bits per heavy atom. The molecule has 0 heterocycles. The van der Waals surface area contributed by atoms with Gasteiger partial charge >= 0.3 is 5.97 Å². The second kappa shape index (κ2) is 5.98. The van der Waals surface area contributed by atoms with E-state index in [0.717, 1.165) is 11.1 Å². The lowest BCUT2D eigenvalue weighted by molar-refractivity contribution is -0.137. The van der Waals surface area contributed by atoms with E-state index in [4.69, 9.17) is 10.8 Å². The molecule has 1 atom stereocenters. The Hall–Kier alpha value is -1.39. The number of carboxylic acids is 1. The summed E-state index contributed by atoms with van der Waals surface area (Å²) >= 11 is 0. The zero-order valence-electron chi connectivity index (χ0n) is 10.9. The lowest BCUT2D eigenvalue weighted by Crippen LogP contribution is -2.22. The molecule has 0 aromatic heterocycles. The number of aliphatic carboxylic acids is 1. The average molecular weight is 251 g/mol. The molecule has 0 saturated carbocycles. The van der Waals surface area contributed by atoms with Crippen LogP contribution in [-0.2, 0) is 10.2 Å². The molecule has 1 aromatic rings. The molecule has 0 amide bonds. The summed E-state index contributed by atoms with van der Waals surface area (Å²) in [5.74, 6) is -0.830. The fraction of sp³-hybridized carbons (Fsp3) is 0.500. The van der Waals surface area contributed by atoms with E-state index < -0.39 is 5.97 Å². The Labute approximate surface area is 107 Å². The molecule has 18 heavy (non-hydrogen) atoms. The molecule has 100 valence electrons. The smallest absolute Gasteiger partial charge is 0.303 e. The molecular formula is C14H21NO3. The van der Waals surface area contributed by atoms with E-state index in [1.165, 1.54) is 0 Å². The monoisotopic (exact) mass is 251 g/mol. The molecule has 1 rings (SSSR count). The number of carbonyl (C=O) groups is 1. The summed E-state index contributed by atoms with van der Waals surface area (Å²) in [6.45, 7) is 4.01. The maximum absolute atomic E-state index is 10.5. The van der Waals surface area contributed by atoms with Gasteiger partial charge in [0.1, 0.15) is 0 Å². The first-order chi connectivity index (χ1) is 8.36. The second-order valence-corrected chi connectivity index (χ2v) is 5.20. The van der Waals surface area contributed by atoms with Crippen LogP contribution < -0.4 is 5.73 Å². The van der Waals surface area contributed by atoms with Gasteiger partial charge in [0, 0.05) is 17.9 Å². The third-order valence-electron chi connectivity index (χ3n) is 3.18. The molecule has 1 unspecified atom stereocenters. The SMILES string of the molecule is CC(C)(CO)c1ccc(C(N)CCC(=O)O)cc1. The lowest BCUT2D eigenvalue weighted by atomic mass is 9.85. The van der Waals surface area contributed by atoms with Gasteiger partial charge in [-0.1, -0.05) is 38.1 Å². The van der Waals surface area contributed by atoms with Crippen LogP contribution in [0.15, 0.2) is 24.3 Å². The minimum absolute atomic E-state index is 0.0745. The topological polar surface area (TPSA) is 83.5 Å². The van der Waals surface area contributed by atoms with E-state index in [-0.39, 0.29) is 24.5 Å². The van der Waals surface area contributed by atoms with Gasteiger partial charge in [-0.2, -0.15) is 0 Å². The summed E-state index contributed by atoms with van der Waals surface area (Å²) in [5, 5.41) is 17.9. The van der Waals surface area contributed by atoms with Crippen molar-refractivity contribution in [3.8, 4) is 0 Å². The summed E-state index contributed by atoms with van der Waals surface area (Å²) in [5.41, 5.74) is 7.61. The number of benzene rings is 1. The van der Waals surface area contributed by atoms with Crippen LogP contribution in [0, 0.1) is 0 Å². The summed E-state index contributed by atoms with van der Waals surface area (Å²) in [6.07, 6.45) is 0.503. The number of rotatable bonds is 6. The maximum atomic E-state index is 10.5. The van der Waals surface area contributed by atoms with Gasteiger partial charge in [-0.25, -0.2) is 0 Å². The van der Waals surface area contributed by atoms with Gasteiger partial charge in [0.25, 0.3) is 0 Å². The van der Waals surface area contributed by atoms with Gasteiger partial charge in [0.05, 0.1) is 6.61 Å². The highest BCUT2D eigenvalue weighted by molar-refractivity contribution is 5.66. The molecule has 0 aliphatic carbocycles. The van der Waals surface area contributed by atoms with Crippen LogP contribution in [0.2, 0.25) is 0 Å². The summed E-state index contributed by atoms with van der Waals surface area (Å²) < 4.78 is 0. The first kappa shape index (κ1) is 14.7. The summed E-state index contributed by atoms with van der Waals surface area (Å²) in [4.78, 5) is 10.5. The number of carboxylic acid groups (broad SMARTS) is 1. The average Bonchev–Trinajstić information content (AvgIpc) is 2.36. The maximum Gasteiger partial charge on any atom is 0.303 e. The van der Waals surface area contributed by atoms with Crippen molar-refractivity contribution in [1.29, 1.82) is 0 Å². The molecule has 0 bridgehead atoms. The minimum atomic E-state index is -0.830. The van der Waals surface area contributed by atoms with Crippen LogP contribution in [0.3, 0.4) is 0 Å². The van der Waals surface area contributed by atoms with Gasteiger partial charge in [0.15, 0.2) is 0 Å². The molecule has 4 N–H and O–H groups in total. The van der Waals surface area contributed by atoms with Crippen molar-refractivity contribution in [3.63, 3.8) is 0 Å². The number of hydrogen-bond donors (Lipinski definition) is 3. The summed E-state index contributed by atoms with van der Waals surface area (Å²) in [6, 6.07) is 7.42. The molecule has 0 aliphatic rings. The van der Waals surface area contributed by atoms with Gasteiger partial charge in [-0.15, -0.1) is 0 Å². The zero-order valence-corrected chi connectivity index (χ0v) is 10.9. The molecular weight excluding hydrogens is 230 g/mol. The minimum Gasteiger partial charge on any atom is -0.481 e. The molecule has 1 aromatic carbocycles. The van der Waals surface area contributed by atoms with Crippen LogP contribution in [0.5, 0.6) is 0 Å². The van der Waals surface area contributed by atoms with Crippen LogP contribution in [0.25, 0.3) is 0 Å². The van der Waals surface area contributed by atoms with Crippen LogP contribution >= 0.6 is 0 Å². The van der Waals surface area contributed by atoms with E-state index >= 15 is 0 Å². The van der Waals surface area contributed by atoms with E-state index in [9.17, 15) is 9.90 Å². The Kier molecular flexibility index (Phi) is 4.87. The number of nitrogens with two attached hydrogens (primary N) is 1. The molecule has 4 nitrogen and oxygen atoms in total. The van der Waals surface area contributed by atoms with Crippen molar-refractivity contribution in [2.24, 2.45) is 5.73 Å². The number of aliphatic hydroxyl groups excluding tert-OH is 1. The van der Waals surface area contributed by atoms with Gasteiger partial charge in [-0.05, 0) is 17.5 Å². The highest BCUT2D eigenvalue weighted by atomic mass is 16.4. The lowest BCUT2D eigenvalue weighted by Gasteiger charge is -2.23. The fourth-order valence-electron chi connectivity index (χ4n) is 1.72. The molecule has 0 fully saturated rings. The molecule has 4 heteroatoms. The van der Waals surface area contributed by atoms with E-state index in [0.29, 0.717) is 6.42 Å². The molecule has 0 spiro atoms. The Morgan fingerprint density at radius 2 is 1.89 bits per heavy atom. The normalized spacial score (nSPS) is 13.3. The van der Waals surface area contributed by atoms with E-state index in [1.54, 1.807) is 0 Å². The standard InChI is InChI=1S/C14H21NO3/c1-14(2,9-16)11-5-3-10(4-6-11)12(15)7-8-13(17)18/h3-6,12,16H,7-9,15H2,1-2H3,(H,17,18). The predicted molar refractivity (Wildman–Crippen MR) is 70.4 cm³/mol. The molecule has 0 aliphatic heterocycles. The first-order valence-electron chi connectivity index (χ1n) is 6.05.